The fraction of sp³-hybridized carbons (Fsp3) is 0. The molecule has 0 saturated heterocycles. The van der Waals surface area contributed by atoms with Gasteiger partial charge in [0.1, 0.15) is 0 Å². The molecule has 1 aromatic heterocycles. The second kappa shape index (κ2) is 3.16. The van der Waals surface area contributed by atoms with Gasteiger partial charge in [-0.05, 0) is 12.2 Å². The van der Waals surface area contributed by atoms with Crippen molar-refractivity contribution in [3.05, 3.63) is 23.2 Å². The number of carboxylic acids is 1. The van der Waals surface area contributed by atoms with E-state index in [1.807, 2.05) is 0 Å². The zero-order valence-electron chi connectivity index (χ0n) is 5.52. The van der Waals surface area contributed by atoms with Crippen molar-refractivity contribution < 1.29 is 9.90 Å². The summed E-state index contributed by atoms with van der Waals surface area (Å²) < 4.78 is 1.98. The lowest BCUT2D eigenvalue weighted by Crippen LogP contribution is -1.89. The van der Waals surface area contributed by atoms with E-state index in [9.17, 15) is 4.79 Å². The first-order valence-corrected chi connectivity index (χ1v) is 3.27. The molecule has 0 saturated carbocycles. The molecule has 58 valence electrons. The van der Waals surface area contributed by atoms with Crippen molar-refractivity contribution in [2.45, 2.75) is 0 Å². The van der Waals surface area contributed by atoms with Gasteiger partial charge in [-0.3, -0.25) is 4.57 Å². The molecule has 1 aromatic rings. The number of rotatable bonds is 2. The predicted octanol–water partition coefficient (Wildman–Crippen LogP) is 1.10. The number of imidazole rings is 1. The second-order valence-electron chi connectivity index (χ2n) is 1.83. The van der Waals surface area contributed by atoms with Crippen LogP contribution in [0.5, 0.6) is 0 Å². The van der Waals surface area contributed by atoms with Crippen LogP contribution in [0, 0.1) is 4.77 Å². The number of aliphatic carboxylic acids is 1. The highest BCUT2D eigenvalue weighted by Gasteiger charge is 1.87. The molecule has 1 rings (SSSR count). The van der Waals surface area contributed by atoms with E-state index in [1.54, 1.807) is 12.4 Å². The van der Waals surface area contributed by atoms with Gasteiger partial charge in [0, 0.05) is 24.7 Å². The number of aromatic nitrogens is 2. The Balaban J connectivity index is 2.88. The zero-order valence-corrected chi connectivity index (χ0v) is 6.34. The van der Waals surface area contributed by atoms with E-state index in [-0.39, 0.29) is 0 Å². The molecule has 0 fully saturated rings. The van der Waals surface area contributed by atoms with Crippen LogP contribution in [0.2, 0.25) is 0 Å². The number of aromatic amines is 1. The molecule has 0 unspecified atom stereocenters. The molecular weight excluding hydrogens is 164 g/mol. The van der Waals surface area contributed by atoms with Gasteiger partial charge in [-0.1, -0.05) is 0 Å². The maximum atomic E-state index is 10.1. The molecule has 0 atom stereocenters. The van der Waals surface area contributed by atoms with E-state index in [0.29, 0.717) is 4.77 Å². The zero-order chi connectivity index (χ0) is 8.27. The van der Waals surface area contributed by atoms with Gasteiger partial charge in [-0.2, -0.15) is 0 Å². The van der Waals surface area contributed by atoms with Crippen molar-refractivity contribution >= 4 is 24.4 Å². The van der Waals surface area contributed by atoms with Crippen LogP contribution in [0.25, 0.3) is 6.20 Å². The minimum Gasteiger partial charge on any atom is -0.478 e. The summed E-state index contributed by atoms with van der Waals surface area (Å²) in [6.45, 7) is 0. The van der Waals surface area contributed by atoms with Crippen molar-refractivity contribution in [3.8, 4) is 0 Å². The Labute approximate surface area is 67.8 Å². The van der Waals surface area contributed by atoms with Crippen molar-refractivity contribution in [3.63, 3.8) is 0 Å². The maximum absolute atomic E-state index is 10.1. The molecule has 0 aromatic carbocycles. The summed E-state index contributed by atoms with van der Waals surface area (Å²) in [4.78, 5) is 12.8. The third kappa shape index (κ3) is 2.05. The number of nitrogens with one attached hydrogen (secondary N) is 1. The first-order valence-electron chi connectivity index (χ1n) is 2.87. The van der Waals surface area contributed by atoms with Crippen LogP contribution in [0.4, 0.5) is 0 Å². The average molecular weight is 170 g/mol. The number of carbonyl (C=O) groups is 1. The average Bonchev–Trinajstić information content (AvgIpc) is 2.31. The lowest BCUT2D eigenvalue weighted by Gasteiger charge is -1.87. The van der Waals surface area contributed by atoms with Gasteiger partial charge < -0.3 is 10.1 Å². The Kier molecular flexibility index (Phi) is 2.22. The predicted molar refractivity (Wildman–Crippen MR) is 42.6 cm³/mol. The molecule has 0 radical (unpaired) electrons. The number of hydrogen-bond acceptors (Lipinski definition) is 2. The van der Waals surface area contributed by atoms with E-state index in [1.165, 1.54) is 10.8 Å². The van der Waals surface area contributed by atoms with Gasteiger partial charge in [0.15, 0.2) is 4.77 Å². The minimum atomic E-state index is -0.992. The van der Waals surface area contributed by atoms with Gasteiger partial charge in [-0.25, -0.2) is 4.79 Å². The van der Waals surface area contributed by atoms with E-state index in [0.717, 1.165) is 6.08 Å². The van der Waals surface area contributed by atoms with Gasteiger partial charge in [0.2, 0.25) is 0 Å². The highest BCUT2D eigenvalue weighted by atomic mass is 32.1. The molecule has 11 heavy (non-hydrogen) atoms. The monoisotopic (exact) mass is 170 g/mol. The summed E-state index contributed by atoms with van der Waals surface area (Å²) in [5.41, 5.74) is 0. The van der Waals surface area contributed by atoms with E-state index >= 15 is 0 Å². The Morgan fingerprint density at radius 2 is 2.55 bits per heavy atom. The van der Waals surface area contributed by atoms with Crippen LogP contribution in [-0.4, -0.2) is 20.6 Å². The number of carboxylic acid groups (broad SMARTS) is 1. The van der Waals surface area contributed by atoms with Gasteiger partial charge in [0.25, 0.3) is 0 Å². The van der Waals surface area contributed by atoms with Crippen LogP contribution >= 0.6 is 12.2 Å². The van der Waals surface area contributed by atoms with Gasteiger partial charge in [-0.15, -0.1) is 0 Å². The molecule has 0 aliphatic heterocycles. The third-order valence-corrected chi connectivity index (χ3v) is 1.38. The maximum Gasteiger partial charge on any atom is 0.329 e. The molecule has 5 heteroatoms. The molecule has 0 aliphatic rings. The molecule has 0 amide bonds. The number of hydrogen-bond donors (Lipinski definition) is 2. The summed E-state index contributed by atoms with van der Waals surface area (Å²) in [5.74, 6) is -0.992. The number of H-pyrrole nitrogens is 1. The SMILES string of the molecule is O=C(O)/C=C/n1cc[nH]c1=S. The summed E-state index contributed by atoms with van der Waals surface area (Å²) in [7, 11) is 0. The minimum absolute atomic E-state index is 0.475. The van der Waals surface area contributed by atoms with E-state index < -0.39 is 5.97 Å². The quantitative estimate of drug-likeness (QED) is 0.516. The summed E-state index contributed by atoms with van der Waals surface area (Å²) in [5, 5.41) is 8.26. The highest BCUT2D eigenvalue weighted by Crippen LogP contribution is 1.90. The van der Waals surface area contributed by atoms with Gasteiger partial charge >= 0.3 is 5.97 Å². The second-order valence-corrected chi connectivity index (χ2v) is 2.21. The van der Waals surface area contributed by atoms with Crippen LogP contribution in [0.15, 0.2) is 18.5 Å². The largest absolute Gasteiger partial charge is 0.478 e. The van der Waals surface area contributed by atoms with E-state index in [2.05, 4.69) is 4.98 Å². The van der Waals surface area contributed by atoms with Crippen molar-refractivity contribution in [2.24, 2.45) is 0 Å². The molecule has 0 spiro atoms. The van der Waals surface area contributed by atoms with Crippen molar-refractivity contribution in [1.82, 2.24) is 9.55 Å². The molecule has 0 bridgehead atoms. The molecular formula is C6H6N2O2S. The number of nitrogens with zero attached hydrogens (tertiary/aromatic N) is 1. The van der Waals surface area contributed by atoms with Crippen LogP contribution in [-0.2, 0) is 4.79 Å². The Morgan fingerprint density at radius 3 is 3.00 bits per heavy atom. The molecule has 4 nitrogen and oxygen atoms in total. The lowest BCUT2D eigenvalue weighted by molar-refractivity contribution is -0.131. The van der Waals surface area contributed by atoms with E-state index in [4.69, 9.17) is 17.3 Å². The van der Waals surface area contributed by atoms with Gasteiger partial charge in [0.05, 0.1) is 0 Å². The Bertz CT molecular complexity index is 336. The smallest absolute Gasteiger partial charge is 0.329 e. The standard InChI is InChI=1S/C6H6N2O2S/c9-5(10)1-3-8-4-2-7-6(8)11/h1-4H,(H,7,11)(H,9,10)/b3-1+. The van der Waals surface area contributed by atoms with Crippen molar-refractivity contribution in [1.29, 1.82) is 0 Å². The molecule has 0 aliphatic carbocycles. The topological polar surface area (TPSA) is 58.0 Å². The Morgan fingerprint density at radius 1 is 1.82 bits per heavy atom. The fourth-order valence-electron chi connectivity index (χ4n) is 0.593. The normalized spacial score (nSPS) is 10.5. The Hall–Kier alpha value is -1.36. The van der Waals surface area contributed by atoms with Crippen molar-refractivity contribution in [2.75, 3.05) is 0 Å². The molecule has 2 N–H and O–H groups in total. The van der Waals surface area contributed by atoms with Crippen LogP contribution in [0.1, 0.15) is 0 Å². The molecule has 1 heterocycles. The van der Waals surface area contributed by atoms with Crippen LogP contribution < -0.4 is 0 Å². The first kappa shape index (κ1) is 7.74. The highest BCUT2D eigenvalue weighted by molar-refractivity contribution is 7.71. The summed E-state index contributed by atoms with van der Waals surface area (Å²) in [6.07, 6.45) is 5.67. The third-order valence-electron chi connectivity index (χ3n) is 1.05. The summed E-state index contributed by atoms with van der Waals surface area (Å²) >= 11 is 4.80. The first-order chi connectivity index (χ1) is 5.20. The fourth-order valence-corrected chi connectivity index (χ4v) is 0.782. The lowest BCUT2D eigenvalue weighted by atomic mass is 10.6. The summed E-state index contributed by atoms with van der Waals surface area (Å²) in [6, 6.07) is 0. The van der Waals surface area contributed by atoms with Crippen LogP contribution in [0.3, 0.4) is 0 Å².